The van der Waals surface area contributed by atoms with Crippen LogP contribution in [0.3, 0.4) is 0 Å². The number of aliphatic hydroxyl groups is 1. The second kappa shape index (κ2) is 5.80. The lowest BCUT2D eigenvalue weighted by Gasteiger charge is -2.38. The first-order valence-electron chi connectivity index (χ1n) is 6.32. The van der Waals surface area contributed by atoms with E-state index in [0.29, 0.717) is 26.1 Å². The number of carbonyl (C=O) groups is 1. The molecule has 0 aromatic heterocycles. The highest BCUT2D eigenvalue weighted by Gasteiger charge is 2.26. The number of rotatable bonds is 4. The maximum absolute atomic E-state index is 11.9. The summed E-state index contributed by atoms with van der Waals surface area (Å²) in [4.78, 5) is 15.9. The monoisotopic (exact) mass is 243 g/mol. The second-order valence-electron chi connectivity index (χ2n) is 5.43. The highest BCUT2D eigenvalue weighted by atomic mass is 16.3. The van der Waals surface area contributed by atoms with E-state index in [9.17, 15) is 9.90 Å². The number of piperazine rings is 1. The molecule has 1 heterocycles. The number of amides is 1. The van der Waals surface area contributed by atoms with Gasteiger partial charge in [-0.3, -0.25) is 9.69 Å². The molecular weight excluding hydrogens is 218 g/mol. The third-order valence-corrected chi connectivity index (χ3v) is 3.05. The summed E-state index contributed by atoms with van der Waals surface area (Å²) in [6.45, 7) is 9.22. The Morgan fingerprint density at radius 3 is 2.29 bits per heavy atom. The van der Waals surface area contributed by atoms with Gasteiger partial charge in [-0.25, -0.2) is 0 Å². The Morgan fingerprint density at radius 2 is 1.88 bits per heavy atom. The van der Waals surface area contributed by atoms with E-state index in [4.69, 9.17) is 5.73 Å². The Hall–Kier alpha value is -0.650. The number of hydrogen-bond donors (Lipinski definition) is 2. The third-order valence-electron chi connectivity index (χ3n) is 3.05. The molecular formula is C12H25N3O2. The van der Waals surface area contributed by atoms with Crippen molar-refractivity contribution in [3.8, 4) is 0 Å². The van der Waals surface area contributed by atoms with Crippen molar-refractivity contribution in [2.75, 3.05) is 32.7 Å². The molecule has 0 spiro atoms. The number of nitrogens with two attached hydrogens (primary N) is 1. The zero-order chi connectivity index (χ0) is 13.1. The Kier molecular flexibility index (Phi) is 4.91. The van der Waals surface area contributed by atoms with E-state index in [2.05, 4.69) is 4.90 Å². The summed E-state index contributed by atoms with van der Waals surface area (Å²) in [6, 6.07) is -0.365. The molecule has 1 rings (SSSR count). The quantitative estimate of drug-likeness (QED) is 0.707. The van der Waals surface area contributed by atoms with Crippen LogP contribution in [0.4, 0.5) is 0 Å². The van der Waals surface area contributed by atoms with Crippen LogP contribution in [0.1, 0.15) is 27.2 Å². The minimum atomic E-state index is -0.675. The lowest BCUT2D eigenvalue weighted by atomic mass is 10.1. The minimum absolute atomic E-state index is 0.0513. The van der Waals surface area contributed by atoms with E-state index >= 15 is 0 Å². The van der Waals surface area contributed by atoms with Crippen molar-refractivity contribution in [3.63, 3.8) is 0 Å². The maximum Gasteiger partial charge on any atom is 0.239 e. The van der Waals surface area contributed by atoms with Gasteiger partial charge in [-0.05, 0) is 20.3 Å². The van der Waals surface area contributed by atoms with Gasteiger partial charge in [0.25, 0.3) is 0 Å². The van der Waals surface area contributed by atoms with E-state index in [1.807, 2.05) is 11.8 Å². The zero-order valence-electron chi connectivity index (χ0n) is 11.1. The fourth-order valence-electron chi connectivity index (χ4n) is 2.08. The van der Waals surface area contributed by atoms with Crippen LogP contribution in [0.2, 0.25) is 0 Å². The molecule has 1 amide bonds. The molecule has 17 heavy (non-hydrogen) atoms. The van der Waals surface area contributed by atoms with Crippen LogP contribution in [-0.2, 0) is 4.79 Å². The van der Waals surface area contributed by atoms with E-state index in [1.54, 1.807) is 13.8 Å². The highest BCUT2D eigenvalue weighted by molar-refractivity contribution is 5.81. The summed E-state index contributed by atoms with van der Waals surface area (Å²) in [5, 5.41) is 9.73. The number of hydrogen-bond acceptors (Lipinski definition) is 4. The largest absolute Gasteiger partial charge is 0.389 e. The summed E-state index contributed by atoms with van der Waals surface area (Å²) in [5.41, 5.74) is 5.06. The lowest BCUT2D eigenvalue weighted by molar-refractivity contribution is -0.134. The van der Waals surface area contributed by atoms with Gasteiger partial charge < -0.3 is 15.7 Å². The molecule has 0 radical (unpaired) electrons. The van der Waals surface area contributed by atoms with E-state index in [0.717, 1.165) is 13.1 Å². The molecule has 1 aliphatic rings. The zero-order valence-corrected chi connectivity index (χ0v) is 11.1. The van der Waals surface area contributed by atoms with Crippen molar-refractivity contribution in [2.45, 2.75) is 38.8 Å². The van der Waals surface area contributed by atoms with Gasteiger partial charge in [-0.15, -0.1) is 0 Å². The molecule has 1 aliphatic heterocycles. The molecule has 5 nitrogen and oxygen atoms in total. The van der Waals surface area contributed by atoms with Crippen LogP contribution in [0.5, 0.6) is 0 Å². The number of nitrogens with zero attached hydrogens (tertiary/aromatic N) is 2. The Bertz CT molecular complexity index is 255. The van der Waals surface area contributed by atoms with Crippen molar-refractivity contribution < 1.29 is 9.90 Å². The summed E-state index contributed by atoms with van der Waals surface area (Å²) >= 11 is 0. The molecule has 0 bridgehead atoms. The van der Waals surface area contributed by atoms with Gasteiger partial charge in [-0.2, -0.15) is 0 Å². The van der Waals surface area contributed by atoms with Gasteiger partial charge in [0, 0.05) is 32.7 Å². The molecule has 1 atom stereocenters. The first kappa shape index (κ1) is 14.4. The predicted molar refractivity (Wildman–Crippen MR) is 67.6 cm³/mol. The fraction of sp³-hybridized carbons (Fsp3) is 0.917. The van der Waals surface area contributed by atoms with Crippen LogP contribution >= 0.6 is 0 Å². The first-order valence-corrected chi connectivity index (χ1v) is 6.32. The molecule has 1 fully saturated rings. The van der Waals surface area contributed by atoms with Crippen LogP contribution in [0.15, 0.2) is 0 Å². The van der Waals surface area contributed by atoms with Crippen molar-refractivity contribution in [1.82, 2.24) is 9.80 Å². The van der Waals surface area contributed by atoms with Gasteiger partial charge in [0.05, 0.1) is 11.6 Å². The molecule has 0 aliphatic carbocycles. The van der Waals surface area contributed by atoms with E-state index < -0.39 is 5.60 Å². The normalized spacial score (nSPS) is 20.4. The molecule has 1 saturated heterocycles. The third kappa shape index (κ3) is 4.61. The molecule has 100 valence electrons. The highest BCUT2D eigenvalue weighted by Crippen LogP contribution is 2.09. The summed E-state index contributed by atoms with van der Waals surface area (Å²) in [5.74, 6) is 0.0513. The first-order chi connectivity index (χ1) is 7.83. The second-order valence-corrected chi connectivity index (χ2v) is 5.43. The Labute approximate surface area is 104 Å². The average molecular weight is 243 g/mol. The summed E-state index contributed by atoms with van der Waals surface area (Å²) < 4.78 is 0. The Balaban J connectivity index is 2.38. The topological polar surface area (TPSA) is 69.8 Å². The van der Waals surface area contributed by atoms with Gasteiger partial charge in [-0.1, -0.05) is 6.92 Å². The van der Waals surface area contributed by atoms with Crippen molar-refractivity contribution >= 4 is 5.91 Å². The minimum Gasteiger partial charge on any atom is -0.389 e. The van der Waals surface area contributed by atoms with Gasteiger partial charge in [0.1, 0.15) is 0 Å². The molecule has 3 N–H and O–H groups in total. The fourth-order valence-corrected chi connectivity index (χ4v) is 2.08. The molecule has 0 aromatic carbocycles. The lowest BCUT2D eigenvalue weighted by Crippen LogP contribution is -2.55. The standard InChI is InChI=1S/C12H25N3O2/c1-4-10(13)11(16)15-7-5-14(6-8-15)9-12(2,3)17/h10,17H,4-9,13H2,1-3H3/t10-/m1/s1. The van der Waals surface area contributed by atoms with Crippen molar-refractivity contribution in [1.29, 1.82) is 0 Å². The maximum atomic E-state index is 11.9. The number of carbonyl (C=O) groups excluding carboxylic acids is 1. The number of β-amino-alcohol motifs (C(OH)–C–C–N with tert-alkyl or cyclic N) is 1. The summed E-state index contributed by atoms with van der Waals surface area (Å²) in [7, 11) is 0. The molecule has 0 saturated carbocycles. The van der Waals surface area contributed by atoms with E-state index in [1.165, 1.54) is 0 Å². The van der Waals surface area contributed by atoms with E-state index in [-0.39, 0.29) is 11.9 Å². The van der Waals surface area contributed by atoms with Crippen molar-refractivity contribution in [3.05, 3.63) is 0 Å². The molecule has 5 heteroatoms. The molecule has 0 unspecified atom stereocenters. The predicted octanol–water partition coefficient (Wildman–Crippen LogP) is -0.361. The summed E-state index contributed by atoms with van der Waals surface area (Å²) in [6.07, 6.45) is 0.683. The Morgan fingerprint density at radius 1 is 1.35 bits per heavy atom. The van der Waals surface area contributed by atoms with Crippen LogP contribution < -0.4 is 5.73 Å². The molecule has 0 aromatic rings. The van der Waals surface area contributed by atoms with Crippen LogP contribution in [0, 0.1) is 0 Å². The average Bonchev–Trinajstić information content (AvgIpc) is 2.26. The van der Waals surface area contributed by atoms with Gasteiger partial charge in [0.2, 0.25) is 5.91 Å². The van der Waals surface area contributed by atoms with Crippen molar-refractivity contribution in [2.24, 2.45) is 5.73 Å². The smallest absolute Gasteiger partial charge is 0.239 e. The van der Waals surface area contributed by atoms with Gasteiger partial charge in [0.15, 0.2) is 0 Å². The van der Waals surface area contributed by atoms with Gasteiger partial charge >= 0.3 is 0 Å². The van der Waals surface area contributed by atoms with Crippen LogP contribution in [-0.4, -0.2) is 65.2 Å². The SMILES string of the molecule is CC[C@@H](N)C(=O)N1CCN(CC(C)(C)O)CC1. The van der Waals surface area contributed by atoms with Crippen LogP contribution in [0.25, 0.3) is 0 Å².